The van der Waals surface area contributed by atoms with Crippen LogP contribution in [0, 0.1) is 24.1 Å². The Morgan fingerprint density at radius 1 is 1.42 bits per heavy atom. The predicted octanol–water partition coefficient (Wildman–Crippen LogP) is 2.74. The summed E-state index contributed by atoms with van der Waals surface area (Å²) < 4.78 is 19.9. The number of hydrogen-bond acceptors (Lipinski definition) is 5. The number of halogens is 2. The average Bonchev–Trinajstić information content (AvgIpc) is 2.64. The molecule has 0 spiro atoms. The summed E-state index contributed by atoms with van der Waals surface area (Å²) in [5, 5.41) is 14.6. The predicted molar refractivity (Wildman–Crippen MR) is 96.9 cm³/mol. The van der Waals surface area contributed by atoms with E-state index in [0.29, 0.717) is 24.4 Å². The number of morpholine rings is 1. The molecule has 2 aromatic rings. The molecule has 0 saturated carbocycles. The Bertz CT molecular complexity index is 848. The van der Waals surface area contributed by atoms with Crippen molar-refractivity contribution in [1.29, 1.82) is 5.26 Å². The van der Waals surface area contributed by atoms with E-state index in [1.165, 1.54) is 24.3 Å². The first-order valence-corrected chi connectivity index (χ1v) is 7.89. The van der Waals surface area contributed by atoms with Crippen LogP contribution < -0.4 is 10.6 Å². The first kappa shape index (κ1) is 19.8. The van der Waals surface area contributed by atoms with Gasteiger partial charge in [0.2, 0.25) is 0 Å². The number of rotatable bonds is 3. The molecule has 6 nitrogen and oxygen atoms in total. The summed E-state index contributed by atoms with van der Waals surface area (Å²) in [6, 6.07) is 9.55. The molecule has 1 atom stereocenters. The highest BCUT2D eigenvalue weighted by atomic mass is 35.5. The lowest BCUT2D eigenvalue weighted by atomic mass is 10.1. The lowest BCUT2D eigenvalue weighted by Gasteiger charge is -2.24. The van der Waals surface area contributed by atoms with E-state index in [2.05, 4.69) is 15.6 Å². The fourth-order valence-electron chi connectivity index (χ4n) is 2.60. The van der Waals surface area contributed by atoms with E-state index in [1.54, 1.807) is 13.0 Å². The van der Waals surface area contributed by atoms with E-state index in [-0.39, 0.29) is 29.9 Å². The molecule has 1 aliphatic heterocycles. The molecule has 1 aromatic heterocycles. The number of amides is 1. The second kappa shape index (κ2) is 8.72. The SMILES string of the molecule is Cc1nc(C(=O)Nc2ccc([C@H]3CNCCO3)cc2F)ccc1C#N.Cl. The Balaban J connectivity index is 0.00000243. The highest BCUT2D eigenvalue weighted by molar-refractivity contribution is 6.03. The van der Waals surface area contributed by atoms with Crippen molar-refractivity contribution >= 4 is 24.0 Å². The topological polar surface area (TPSA) is 87.0 Å². The van der Waals surface area contributed by atoms with Crippen molar-refractivity contribution in [1.82, 2.24) is 10.3 Å². The molecule has 3 rings (SSSR count). The second-order valence-electron chi connectivity index (χ2n) is 5.70. The van der Waals surface area contributed by atoms with E-state index >= 15 is 0 Å². The van der Waals surface area contributed by atoms with Gasteiger partial charge in [0.1, 0.15) is 17.6 Å². The van der Waals surface area contributed by atoms with Crippen LogP contribution in [0.4, 0.5) is 10.1 Å². The largest absolute Gasteiger partial charge is 0.371 e. The highest BCUT2D eigenvalue weighted by Crippen LogP contribution is 2.24. The third-order valence-corrected chi connectivity index (χ3v) is 3.98. The van der Waals surface area contributed by atoms with Gasteiger partial charge in [0, 0.05) is 13.1 Å². The number of anilines is 1. The minimum atomic E-state index is -0.537. The lowest BCUT2D eigenvalue weighted by molar-refractivity contribution is 0.0275. The fourth-order valence-corrected chi connectivity index (χ4v) is 2.60. The Hall–Kier alpha value is -2.53. The Kier molecular flexibility index (Phi) is 6.64. The van der Waals surface area contributed by atoms with E-state index in [1.807, 2.05) is 6.07 Å². The molecule has 136 valence electrons. The van der Waals surface area contributed by atoms with Gasteiger partial charge in [0.15, 0.2) is 0 Å². The number of nitriles is 1. The van der Waals surface area contributed by atoms with Gasteiger partial charge in [-0.05, 0) is 36.8 Å². The summed E-state index contributed by atoms with van der Waals surface area (Å²) in [7, 11) is 0. The van der Waals surface area contributed by atoms with Crippen LogP contribution in [0.3, 0.4) is 0 Å². The molecule has 0 bridgehead atoms. The second-order valence-corrected chi connectivity index (χ2v) is 5.70. The van der Waals surface area contributed by atoms with Crippen molar-refractivity contribution in [2.24, 2.45) is 0 Å². The first-order valence-electron chi connectivity index (χ1n) is 7.89. The van der Waals surface area contributed by atoms with Crippen LogP contribution in [0.2, 0.25) is 0 Å². The maximum atomic E-state index is 14.3. The van der Waals surface area contributed by atoms with Crippen LogP contribution in [0.15, 0.2) is 30.3 Å². The molecule has 8 heteroatoms. The molecule has 0 unspecified atom stereocenters. The zero-order valence-corrected chi connectivity index (χ0v) is 14.9. The van der Waals surface area contributed by atoms with Gasteiger partial charge in [-0.2, -0.15) is 5.26 Å². The van der Waals surface area contributed by atoms with Crippen molar-refractivity contribution in [3.8, 4) is 6.07 Å². The quantitative estimate of drug-likeness (QED) is 0.860. The van der Waals surface area contributed by atoms with E-state index in [9.17, 15) is 9.18 Å². The van der Waals surface area contributed by atoms with E-state index in [4.69, 9.17) is 10.00 Å². The molecule has 2 heterocycles. The Morgan fingerprint density at radius 2 is 2.23 bits per heavy atom. The zero-order valence-electron chi connectivity index (χ0n) is 14.1. The molecule has 1 amide bonds. The number of aromatic nitrogens is 1. The molecule has 26 heavy (non-hydrogen) atoms. The fraction of sp³-hybridized carbons (Fsp3) is 0.278. The summed E-state index contributed by atoms with van der Waals surface area (Å²) >= 11 is 0. The highest BCUT2D eigenvalue weighted by Gasteiger charge is 2.18. The third kappa shape index (κ3) is 4.35. The van der Waals surface area contributed by atoms with Crippen molar-refractivity contribution in [2.45, 2.75) is 13.0 Å². The molecule has 1 fully saturated rings. The van der Waals surface area contributed by atoms with Gasteiger partial charge < -0.3 is 15.4 Å². The molecule has 0 radical (unpaired) electrons. The number of carbonyl (C=O) groups is 1. The normalized spacial score (nSPS) is 16.3. The number of carbonyl (C=O) groups excluding carboxylic acids is 1. The lowest BCUT2D eigenvalue weighted by Crippen LogP contribution is -2.33. The number of ether oxygens (including phenoxy) is 1. The first-order chi connectivity index (χ1) is 12.1. The number of aryl methyl sites for hydroxylation is 1. The minimum Gasteiger partial charge on any atom is -0.371 e. The molecule has 2 N–H and O–H groups in total. The zero-order chi connectivity index (χ0) is 17.8. The number of benzene rings is 1. The number of nitrogens with zero attached hydrogens (tertiary/aromatic N) is 2. The van der Waals surface area contributed by atoms with Crippen LogP contribution in [0.1, 0.15) is 33.4 Å². The summed E-state index contributed by atoms with van der Waals surface area (Å²) in [5.41, 5.74) is 1.76. The summed E-state index contributed by atoms with van der Waals surface area (Å²) in [5.74, 6) is -1.07. The number of hydrogen-bond donors (Lipinski definition) is 2. The number of pyridine rings is 1. The van der Waals surface area contributed by atoms with Gasteiger partial charge >= 0.3 is 0 Å². The Morgan fingerprint density at radius 3 is 2.85 bits per heavy atom. The molecule has 1 aromatic carbocycles. The van der Waals surface area contributed by atoms with Crippen LogP contribution in [-0.4, -0.2) is 30.6 Å². The third-order valence-electron chi connectivity index (χ3n) is 3.98. The van der Waals surface area contributed by atoms with Gasteiger partial charge in [-0.15, -0.1) is 12.4 Å². The van der Waals surface area contributed by atoms with Gasteiger partial charge in [0.05, 0.1) is 29.7 Å². The monoisotopic (exact) mass is 376 g/mol. The van der Waals surface area contributed by atoms with Gasteiger partial charge in [-0.25, -0.2) is 9.37 Å². The summed E-state index contributed by atoms with van der Waals surface area (Å²) in [4.78, 5) is 16.3. The minimum absolute atomic E-state index is 0. The van der Waals surface area contributed by atoms with Crippen molar-refractivity contribution in [3.05, 3.63) is 58.7 Å². The molecule has 1 aliphatic rings. The summed E-state index contributed by atoms with van der Waals surface area (Å²) in [6.45, 7) is 3.63. The van der Waals surface area contributed by atoms with Crippen LogP contribution in [0.25, 0.3) is 0 Å². The average molecular weight is 377 g/mol. The van der Waals surface area contributed by atoms with Crippen LogP contribution in [-0.2, 0) is 4.74 Å². The molecular formula is C18H18ClFN4O2. The maximum Gasteiger partial charge on any atom is 0.274 e. The number of nitrogens with one attached hydrogen (secondary N) is 2. The van der Waals surface area contributed by atoms with Crippen molar-refractivity contribution in [3.63, 3.8) is 0 Å². The molecule has 1 saturated heterocycles. The van der Waals surface area contributed by atoms with E-state index in [0.717, 1.165) is 12.1 Å². The van der Waals surface area contributed by atoms with Gasteiger partial charge in [0.25, 0.3) is 5.91 Å². The van der Waals surface area contributed by atoms with Crippen LogP contribution in [0.5, 0.6) is 0 Å². The summed E-state index contributed by atoms with van der Waals surface area (Å²) in [6.07, 6.45) is -0.198. The van der Waals surface area contributed by atoms with Crippen LogP contribution >= 0.6 is 12.4 Å². The van der Waals surface area contributed by atoms with Crippen molar-refractivity contribution < 1.29 is 13.9 Å². The maximum absolute atomic E-state index is 14.3. The molecule has 0 aliphatic carbocycles. The van der Waals surface area contributed by atoms with E-state index < -0.39 is 11.7 Å². The smallest absolute Gasteiger partial charge is 0.274 e. The van der Waals surface area contributed by atoms with Gasteiger partial charge in [-0.3, -0.25) is 4.79 Å². The van der Waals surface area contributed by atoms with Crippen molar-refractivity contribution in [2.75, 3.05) is 25.0 Å². The standard InChI is InChI=1S/C18H17FN4O2.ClH/c1-11-13(9-20)3-5-16(22-11)18(24)23-15-4-2-12(8-14(15)19)17-10-21-6-7-25-17;/h2-5,8,17,21H,6-7,10H2,1H3,(H,23,24);1H/t17-;/m1./s1. The molecular weight excluding hydrogens is 359 g/mol. The van der Waals surface area contributed by atoms with Gasteiger partial charge in [-0.1, -0.05) is 6.07 Å². The Labute approximate surface area is 156 Å².